The van der Waals surface area contributed by atoms with Crippen LogP contribution in [0.25, 0.3) is 0 Å². The minimum absolute atomic E-state index is 0.0178. The Bertz CT molecular complexity index is 616. The summed E-state index contributed by atoms with van der Waals surface area (Å²) < 4.78 is 10.8. The van der Waals surface area contributed by atoms with Crippen molar-refractivity contribution in [3.63, 3.8) is 0 Å². The highest BCUT2D eigenvalue weighted by Gasteiger charge is 2.34. The molecule has 2 N–H and O–H groups in total. The number of hydrogen-bond acceptors (Lipinski definition) is 4. The highest BCUT2D eigenvalue weighted by atomic mass is 16.6. The van der Waals surface area contributed by atoms with Gasteiger partial charge in [-0.15, -0.1) is 0 Å². The smallest absolute Gasteiger partial charge is 0.251 e. The van der Waals surface area contributed by atoms with Gasteiger partial charge in [0.05, 0.1) is 19.3 Å². The zero-order valence-corrected chi connectivity index (χ0v) is 16.8. The van der Waals surface area contributed by atoms with Gasteiger partial charge >= 0.3 is 0 Å². The van der Waals surface area contributed by atoms with E-state index in [2.05, 4.69) is 23.6 Å². The van der Waals surface area contributed by atoms with E-state index in [0.29, 0.717) is 18.1 Å². The van der Waals surface area contributed by atoms with Gasteiger partial charge in [-0.2, -0.15) is 0 Å². The number of carbonyl (C=O) groups is 1. The molecule has 2 bridgehead atoms. The normalized spacial score (nSPS) is 27.5. The Kier molecular flexibility index (Phi) is 7.53. The van der Waals surface area contributed by atoms with Crippen molar-refractivity contribution in [2.24, 2.45) is 5.92 Å². The first kappa shape index (κ1) is 20.2. The molecule has 5 heteroatoms. The minimum atomic E-state index is -0.0178. The molecule has 0 radical (unpaired) electrons. The Morgan fingerprint density at radius 2 is 1.93 bits per heavy atom. The standard InChI is InChI=1S/C22H34N2O3/c1-16-8-6-4-3-5-7-9-23-19-12-17(14-26-2)11-18(13-19)22(25)24-20(10-16)21-15-27-21/h11-13,16,20-21,23H,3-10,14-15H2,1-2H3,(H,24,25)/t16-,20+,21?/m1/s1. The second-order valence-electron chi connectivity index (χ2n) is 8.13. The van der Waals surface area contributed by atoms with Crippen LogP contribution in [-0.4, -0.2) is 38.3 Å². The van der Waals surface area contributed by atoms with Gasteiger partial charge in [-0.25, -0.2) is 0 Å². The molecule has 0 spiro atoms. The van der Waals surface area contributed by atoms with Gasteiger partial charge in [0.25, 0.3) is 5.91 Å². The van der Waals surface area contributed by atoms with Crippen molar-refractivity contribution in [3.8, 4) is 0 Å². The molecule has 3 atom stereocenters. The van der Waals surface area contributed by atoms with E-state index in [1.54, 1.807) is 7.11 Å². The third kappa shape index (κ3) is 6.51. The van der Waals surface area contributed by atoms with Crippen molar-refractivity contribution in [1.29, 1.82) is 0 Å². The number of nitrogens with one attached hydrogen (secondary N) is 2. The van der Waals surface area contributed by atoms with Crippen molar-refractivity contribution in [2.45, 2.75) is 70.6 Å². The van der Waals surface area contributed by atoms with Crippen LogP contribution < -0.4 is 10.6 Å². The average molecular weight is 375 g/mol. The summed E-state index contributed by atoms with van der Waals surface area (Å²) in [7, 11) is 1.68. The SMILES string of the molecule is COCc1cc2cc(c1)C(=O)N[C@H](C1CO1)C[C@H](C)CCCCCCCN2. The molecule has 0 saturated carbocycles. The predicted molar refractivity (Wildman–Crippen MR) is 108 cm³/mol. The van der Waals surface area contributed by atoms with E-state index in [1.807, 2.05) is 12.1 Å². The van der Waals surface area contributed by atoms with Crippen molar-refractivity contribution in [1.82, 2.24) is 5.32 Å². The molecule has 1 aromatic rings. The Balaban J connectivity index is 1.78. The number of amides is 1. The molecule has 2 heterocycles. The summed E-state index contributed by atoms with van der Waals surface area (Å²) >= 11 is 0. The lowest BCUT2D eigenvalue weighted by Crippen LogP contribution is -2.40. The molecular formula is C22H34N2O3. The largest absolute Gasteiger partial charge is 0.385 e. The average Bonchev–Trinajstić information content (AvgIpc) is 3.48. The van der Waals surface area contributed by atoms with Gasteiger partial charge in [-0.05, 0) is 42.5 Å². The molecule has 1 aromatic carbocycles. The fourth-order valence-corrected chi connectivity index (χ4v) is 3.95. The van der Waals surface area contributed by atoms with Crippen LogP contribution in [0.15, 0.2) is 18.2 Å². The van der Waals surface area contributed by atoms with Gasteiger partial charge in [0.15, 0.2) is 0 Å². The number of benzene rings is 1. The molecule has 2 aliphatic rings. The lowest BCUT2D eigenvalue weighted by atomic mass is 9.93. The first-order valence-corrected chi connectivity index (χ1v) is 10.4. The number of rotatable bonds is 3. The molecule has 3 rings (SSSR count). The van der Waals surface area contributed by atoms with Crippen molar-refractivity contribution >= 4 is 11.6 Å². The van der Waals surface area contributed by atoms with E-state index in [4.69, 9.17) is 9.47 Å². The molecule has 1 unspecified atom stereocenters. The zero-order valence-electron chi connectivity index (χ0n) is 16.8. The van der Waals surface area contributed by atoms with Gasteiger partial charge in [0.2, 0.25) is 0 Å². The van der Waals surface area contributed by atoms with E-state index in [9.17, 15) is 4.79 Å². The molecular weight excluding hydrogens is 340 g/mol. The third-order valence-electron chi connectivity index (χ3n) is 5.55. The number of anilines is 1. The Morgan fingerprint density at radius 1 is 1.15 bits per heavy atom. The van der Waals surface area contributed by atoms with Crippen LogP contribution in [0.5, 0.6) is 0 Å². The molecule has 2 aliphatic heterocycles. The molecule has 1 saturated heterocycles. The van der Waals surface area contributed by atoms with E-state index >= 15 is 0 Å². The topological polar surface area (TPSA) is 62.9 Å². The van der Waals surface area contributed by atoms with Crippen molar-refractivity contribution in [3.05, 3.63) is 29.3 Å². The third-order valence-corrected chi connectivity index (χ3v) is 5.55. The van der Waals surface area contributed by atoms with Crippen LogP contribution in [0, 0.1) is 5.92 Å². The van der Waals surface area contributed by atoms with Gasteiger partial charge in [-0.3, -0.25) is 4.79 Å². The molecule has 1 amide bonds. The number of ether oxygens (including phenoxy) is 2. The van der Waals surface area contributed by atoms with Crippen LogP contribution >= 0.6 is 0 Å². The summed E-state index contributed by atoms with van der Waals surface area (Å²) in [4.78, 5) is 12.9. The lowest BCUT2D eigenvalue weighted by molar-refractivity contribution is 0.0921. The van der Waals surface area contributed by atoms with Crippen LogP contribution in [-0.2, 0) is 16.1 Å². The van der Waals surface area contributed by atoms with Crippen molar-refractivity contribution in [2.75, 3.05) is 25.6 Å². The number of fused-ring (bicyclic) bond motifs is 2. The molecule has 150 valence electrons. The predicted octanol–water partition coefficient (Wildman–Crippen LogP) is 4.12. The summed E-state index contributed by atoms with van der Waals surface area (Å²) in [6.45, 7) is 4.49. The maximum absolute atomic E-state index is 12.9. The Hall–Kier alpha value is -1.59. The summed E-state index contributed by atoms with van der Waals surface area (Å²) in [6.07, 6.45) is 8.68. The lowest BCUT2D eigenvalue weighted by Gasteiger charge is -2.22. The van der Waals surface area contributed by atoms with E-state index in [-0.39, 0.29) is 18.1 Å². The summed E-state index contributed by atoms with van der Waals surface area (Å²) in [5.74, 6) is 0.584. The van der Waals surface area contributed by atoms with Gasteiger partial charge in [0, 0.05) is 24.9 Å². The second-order valence-corrected chi connectivity index (χ2v) is 8.13. The number of epoxide rings is 1. The first-order valence-electron chi connectivity index (χ1n) is 10.4. The minimum Gasteiger partial charge on any atom is -0.385 e. The molecule has 27 heavy (non-hydrogen) atoms. The maximum atomic E-state index is 12.9. The zero-order chi connectivity index (χ0) is 19.1. The monoisotopic (exact) mass is 374 g/mol. The van der Waals surface area contributed by atoms with Crippen molar-refractivity contribution < 1.29 is 14.3 Å². The van der Waals surface area contributed by atoms with Crippen LogP contribution in [0.1, 0.15) is 67.8 Å². The van der Waals surface area contributed by atoms with E-state index in [1.165, 1.54) is 32.1 Å². The van der Waals surface area contributed by atoms with E-state index < -0.39 is 0 Å². The maximum Gasteiger partial charge on any atom is 0.251 e. The molecule has 1 fully saturated rings. The van der Waals surface area contributed by atoms with E-state index in [0.717, 1.165) is 37.2 Å². The quantitative estimate of drug-likeness (QED) is 0.781. The fraction of sp³-hybridized carbons (Fsp3) is 0.682. The molecule has 5 nitrogen and oxygen atoms in total. The number of carbonyl (C=O) groups excluding carboxylic acids is 1. The highest BCUT2D eigenvalue weighted by molar-refractivity contribution is 5.95. The summed E-state index contributed by atoms with van der Waals surface area (Å²) in [6, 6.07) is 6.06. The van der Waals surface area contributed by atoms with Crippen LogP contribution in [0.4, 0.5) is 5.69 Å². The Morgan fingerprint density at radius 3 is 2.70 bits per heavy atom. The van der Waals surface area contributed by atoms with Crippen LogP contribution in [0.2, 0.25) is 0 Å². The second kappa shape index (κ2) is 10.1. The highest BCUT2D eigenvalue weighted by Crippen LogP contribution is 2.25. The van der Waals surface area contributed by atoms with Crippen LogP contribution in [0.3, 0.4) is 0 Å². The first-order chi connectivity index (χ1) is 13.2. The summed E-state index contributed by atoms with van der Waals surface area (Å²) in [5.41, 5.74) is 2.70. The fourth-order valence-electron chi connectivity index (χ4n) is 3.95. The molecule has 0 aliphatic carbocycles. The van der Waals surface area contributed by atoms with Gasteiger partial charge < -0.3 is 20.1 Å². The number of methoxy groups -OCH3 is 1. The number of hydrogen-bond donors (Lipinski definition) is 2. The summed E-state index contributed by atoms with van der Waals surface area (Å²) in [5, 5.41) is 6.72. The van der Waals surface area contributed by atoms with Gasteiger partial charge in [0.1, 0.15) is 6.10 Å². The Labute approximate surface area is 163 Å². The van der Waals surface area contributed by atoms with Gasteiger partial charge in [-0.1, -0.05) is 39.0 Å². The molecule has 0 aromatic heterocycles.